The number of hydrogen-bond acceptors (Lipinski definition) is 3. The fourth-order valence-electron chi connectivity index (χ4n) is 5.56. The molecule has 0 bridgehead atoms. The van der Waals surface area contributed by atoms with Gasteiger partial charge in [0.2, 0.25) is 5.91 Å². The van der Waals surface area contributed by atoms with Crippen LogP contribution in [0.1, 0.15) is 73.5 Å². The van der Waals surface area contributed by atoms with Gasteiger partial charge in [-0.1, -0.05) is 18.2 Å². The molecule has 4 heteroatoms. The second-order valence-corrected chi connectivity index (χ2v) is 9.43. The number of ether oxygens (including phenoxy) is 1. The van der Waals surface area contributed by atoms with Crippen molar-refractivity contribution in [2.75, 3.05) is 19.7 Å². The first kappa shape index (κ1) is 17.3. The van der Waals surface area contributed by atoms with Crippen molar-refractivity contribution < 1.29 is 14.3 Å². The van der Waals surface area contributed by atoms with Crippen LogP contribution in [-0.2, 0) is 14.3 Å². The fraction of sp³-hybridized carbons (Fsp3) is 0.652. The van der Waals surface area contributed by atoms with E-state index in [1.807, 2.05) is 0 Å². The number of amides is 1. The summed E-state index contributed by atoms with van der Waals surface area (Å²) in [6, 6.07) is 7.07. The standard InChI is InChI=1S/C23H29NO3/c1-15-10-18(16-2-3-16)4-5-20(15)17-6-8-24(9-7-17)22(26)19-11-23(12-19)13-21(25)27-14-23/h4-5,10,16-17,19H,2-3,6-9,11-14H2,1H3. The maximum absolute atomic E-state index is 12.8. The molecule has 4 nitrogen and oxygen atoms in total. The molecule has 4 fully saturated rings. The topological polar surface area (TPSA) is 46.6 Å². The van der Waals surface area contributed by atoms with Crippen LogP contribution in [0.2, 0.25) is 0 Å². The summed E-state index contributed by atoms with van der Waals surface area (Å²) >= 11 is 0. The van der Waals surface area contributed by atoms with Crippen LogP contribution in [0.3, 0.4) is 0 Å². The molecule has 2 heterocycles. The molecule has 0 aromatic heterocycles. The van der Waals surface area contributed by atoms with E-state index in [0.717, 1.165) is 44.7 Å². The number of benzene rings is 1. The van der Waals surface area contributed by atoms with Gasteiger partial charge in [-0.3, -0.25) is 9.59 Å². The molecule has 144 valence electrons. The Balaban J connectivity index is 1.16. The summed E-state index contributed by atoms with van der Waals surface area (Å²) in [5, 5.41) is 0. The van der Waals surface area contributed by atoms with Crippen LogP contribution < -0.4 is 0 Å². The molecule has 0 unspecified atom stereocenters. The van der Waals surface area contributed by atoms with Crippen LogP contribution in [0.25, 0.3) is 0 Å². The molecular weight excluding hydrogens is 338 g/mol. The van der Waals surface area contributed by atoms with Gasteiger partial charge < -0.3 is 9.64 Å². The number of carbonyl (C=O) groups excluding carboxylic acids is 2. The van der Waals surface area contributed by atoms with Gasteiger partial charge in [-0.2, -0.15) is 0 Å². The van der Waals surface area contributed by atoms with E-state index >= 15 is 0 Å². The van der Waals surface area contributed by atoms with Crippen molar-refractivity contribution in [1.82, 2.24) is 4.90 Å². The highest BCUT2D eigenvalue weighted by atomic mass is 16.5. The Morgan fingerprint density at radius 1 is 1.11 bits per heavy atom. The molecular formula is C23H29NO3. The lowest BCUT2D eigenvalue weighted by atomic mass is 9.61. The normalized spacial score (nSPS) is 31.1. The quantitative estimate of drug-likeness (QED) is 0.761. The van der Waals surface area contributed by atoms with Crippen LogP contribution >= 0.6 is 0 Å². The van der Waals surface area contributed by atoms with E-state index in [0.29, 0.717) is 24.9 Å². The number of nitrogens with zero attached hydrogens (tertiary/aromatic N) is 1. The first-order valence-electron chi connectivity index (χ1n) is 10.6. The van der Waals surface area contributed by atoms with E-state index in [-0.39, 0.29) is 17.3 Å². The van der Waals surface area contributed by atoms with Gasteiger partial charge in [-0.05, 0) is 74.0 Å². The Kier molecular flexibility index (Phi) is 4.06. The van der Waals surface area contributed by atoms with Gasteiger partial charge in [0.1, 0.15) is 0 Å². The molecule has 5 rings (SSSR count). The molecule has 1 spiro atoms. The lowest BCUT2D eigenvalue weighted by Crippen LogP contribution is -2.49. The number of cyclic esters (lactones) is 1. The number of piperidine rings is 1. The van der Waals surface area contributed by atoms with Crippen LogP contribution in [0.15, 0.2) is 18.2 Å². The molecule has 0 atom stereocenters. The van der Waals surface area contributed by atoms with Gasteiger partial charge in [0, 0.05) is 24.4 Å². The summed E-state index contributed by atoms with van der Waals surface area (Å²) in [4.78, 5) is 26.3. The Morgan fingerprint density at radius 3 is 2.44 bits per heavy atom. The Bertz CT molecular complexity index is 768. The average Bonchev–Trinajstić information content (AvgIpc) is 3.42. The highest BCUT2D eigenvalue weighted by molar-refractivity contribution is 5.81. The third kappa shape index (κ3) is 3.17. The van der Waals surface area contributed by atoms with Gasteiger partial charge in [-0.15, -0.1) is 0 Å². The van der Waals surface area contributed by atoms with E-state index in [9.17, 15) is 9.59 Å². The number of esters is 1. The largest absolute Gasteiger partial charge is 0.465 e. The molecule has 0 radical (unpaired) electrons. The maximum atomic E-state index is 12.8. The number of rotatable bonds is 3. The third-order valence-corrected chi connectivity index (χ3v) is 7.36. The Hall–Kier alpha value is -1.84. The van der Waals surface area contributed by atoms with Gasteiger partial charge >= 0.3 is 5.97 Å². The minimum atomic E-state index is -0.0928. The number of carbonyl (C=O) groups is 2. The monoisotopic (exact) mass is 367 g/mol. The van der Waals surface area contributed by atoms with Crippen molar-refractivity contribution in [3.05, 3.63) is 34.9 Å². The van der Waals surface area contributed by atoms with Crippen molar-refractivity contribution in [2.24, 2.45) is 11.3 Å². The first-order valence-corrected chi connectivity index (χ1v) is 10.6. The van der Waals surface area contributed by atoms with E-state index < -0.39 is 0 Å². The molecule has 0 N–H and O–H groups in total. The number of likely N-dealkylation sites (tertiary alicyclic amines) is 1. The average molecular weight is 367 g/mol. The van der Waals surface area contributed by atoms with E-state index in [1.165, 1.54) is 29.5 Å². The lowest BCUT2D eigenvalue weighted by Gasteiger charge is -2.45. The van der Waals surface area contributed by atoms with Crippen molar-refractivity contribution >= 4 is 11.9 Å². The molecule has 1 aromatic rings. The highest BCUT2D eigenvalue weighted by Crippen LogP contribution is 2.52. The number of aryl methyl sites for hydroxylation is 1. The predicted octanol–water partition coefficient (Wildman–Crippen LogP) is 3.92. The zero-order chi connectivity index (χ0) is 18.6. The number of hydrogen-bond donors (Lipinski definition) is 0. The molecule has 1 amide bonds. The molecule has 2 aliphatic carbocycles. The van der Waals surface area contributed by atoms with Crippen molar-refractivity contribution in [1.29, 1.82) is 0 Å². The first-order chi connectivity index (χ1) is 13.0. The fourth-order valence-corrected chi connectivity index (χ4v) is 5.56. The van der Waals surface area contributed by atoms with Gasteiger partial charge in [0.05, 0.1) is 13.0 Å². The third-order valence-electron chi connectivity index (χ3n) is 7.36. The maximum Gasteiger partial charge on any atom is 0.306 e. The second kappa shape index (κ2) is 6.35. The smallest absolute Gasteiger partial charge is 0.306 e. The van der Waals surface area contributed by atoms with Crippen LogP contribution in [0.4, 0.5) is 0 Å². The summed E-state index contributed by atoms with van der Waals surface area (Å²) in [6.45, 7) is 4.50. The van der Waals surface area contributed by atoms with Gasteiger partial charge in [0.15, 0.2) is 0 Å². The summed E-state index contributed by atoms with van der Waals surface area (Å²) in [5.41, 5.74) is 4.40. The van der Waals surface area contributed by atoms with E-state index in [1.54, 1.807) is 0 Å². The molecule has 2 saturated carbocycles. The van der Waals surface area contributed by atoms with Gasteiger partial charge in [0.25, 0.3) is 0 Å². The van der Waals surface area contributed by atoms with Crippen molar-refractivity contribution in [3.63, 3.8) is 0 Å². The summed E-state index contributed by atoms with van der Waals surface area (Å²) in [5.74, 6) is 1.71. The van der Waals surface area contributed by atoms with E-state index in [4.69, 9.17) is 4.74 Å². The second-order valence-electron chi connectivity index (χ2n) is 9.43. The summed E-state index contributed by atoms with van der Waals surface area (Å²) < 4.78 is 5.12. The van der Waals surface area contributed by atoms with Gasteiger partial charge in [-0.25, -0.2) is 0 Å². The lowest BCUT2D eigenvalue weighted by molar-refractivity contribution is -0.144. The summed E-state index contributed by atoms with van der Waals surface area (Å²) in [6.07, 6.45) is 7.00. The molecule has 2 saturated heterocycles. The Labute approximate surface area is 161 Å². The molecule has 4 aliphatic rings. The zero-order valence-corrected chi connectivity index (χ0v) is 16.2. The zero-order valence-electron chi connectivity index (χ0n) is 16.2. The highest BCUT2D eigenvalue weighted by Gasteiger charge is 2.53. The van der Waals surface area contributed by atoms with Crippen LogP contribution in [-0.4, -0.2) is 36.5 Å². The van der Waals surface area contributed by atoms with Crippen LogP contribution in [0, 0.1) is 18.3 Å². The molecule has 1 aromatic carbocycles. The molecule has 2 aliphatic heterocycles. The van der Waals surface area contributed by atoms with E-state index in [2.05, 4.69) is 30.0 Å². The SMILES string of the molecule is Cc1cc(C2CC2)ccc1C1CCN(C(=O)C2CC3(COC(=O)C3)C2)CC1. The minimum Gasteiger partial charge on any atom is -0.465 e. The van der Waals surface area contributed by atoms with Crippen LogP contribution in [0.5, 0.6) is 0 Å². The van der Waals surface area contributed by atoms with Crippen molar-refractivity contribution in [2.45, 2.75) is 63.7 Å². The predicted molar refractivity (Wildman–Crippen MR) is 102 cm³/mol. The van der Waals surface area contributed by atoms with Crippen molar-refractivity contribution in [3.8, 4) is 0 Å². The molecule has 27 heavy (non-hydrogen) atoms. The minimum absolute atomic E-state index is 0.0177. The Morgan fingerprint density at radius 2 is 1.85 bits per heavy atom. The summed E-state index contributed by atoms with van der Waals surface area (Å²) in [7, 11) is 0.